The fraction of sp³-hybridized carbons (Fsp3) is 0.100. The molecule has 1 amide bonds. The maximum Gasteiger partial charge on any atom is 0.242 e. The number of fused-ring (bicyclic) bond motifs is 1. The Morgan fingerprint density at radius 1 is 1.14 bits per heavy atom. The Bertz CT molecular complexity index is 1130. The number of imidazole rings is 1. The van der Waals surface area contributed by atoms with E-state index in [-0.39, 0.29) is 5.91 Å². The highest BCUT2D eigenvalue weighted by atomic mass is 35.5. The van der Waals surface area contributed by atoms with Crippen molar-refractivity contribution in [1.29, 1.82) is 0 Å². The van der Waals surface area contributed by atoms with Gasteiger partial charge in [0.25, 0.3) is 0 Å². The summed E-state index contributed by atoms with van der Waals surface area (Å²) >= 11 is 7.44. The van der Waals surface area contributed by atoms with Crippen LogP contribution < -0.4 is 5.32 Å². The molecule has 0 aliphatic rings. The van der Waals surface area contributed by atoms with E-state index in [1.807, 2.05) is 43.3 Å². The van der Waals surface area contributed by atoms with Gasteiger partial charge in [0.2, 0.25) is 5.91 Å². The third-order valence-electron chi connectivity index (χ3n) is 4.18. The number of benzene rings is 2. The molecule has 0 unspecified atom stereocenters. The minimum atomic E-state index is -0.501. The second-order valence-corrected chi connectivity index (χ2v) is 7.64. The fourth-order valence-electron chi connectivity index (χ4n) is 2.77. The van der Waals surface area contributed by atoms with E-state index in [1.54, 1.807) is 18.5 Å². The molecule has 140 valence electrons. The highest BCUT2D eigenvalue weighted by Gasteiger charge is 2.24. The molecule has 0 aliphatic heterocycles. The Morgan fingerprint density at radius 2 is 1.96 bits per heavy atom. The highest BCUT2D eigenvalue weighted by molar-refractivity contribution is 8.00. The molecule has 2 heterocycles. The van der Waals surface area contributed by atoms with Crippen molar-refractivity contribution in [3.63, 3.8) is 0 Å². The number of aromatic amines is 1. The van der Waals surface area contributed by atoms with Crippen LogP contribution in [0.3, 0.4) is 0 Å². The minimum absolute atomic E-state index is 0.149. The molecule has 28 heavy (non-hydrogen) atoms. The predicted octanol–water partition coefficient (Wildman–Crippen LogP) is 4.79. The average molecular weight is 410 g/mol. The zero-order valence-electron chi connectivity index (χ0n) is 14.9. The lowest BCUT2D eigenvalue weighted by Crippen LogP contribution is -2.19. The number of nitrogens with one attached hydrogen (secondary N) is 2. The number of thioether (sulfide) groups is 1. The normalized spacial score (nSPS) is 12.1. The van der Waals surface area contributed by atoms with Gasteiger partial charge in [0, 0.05) is 10.7 Å². The van der Waals surface area contributed by atoms with Gasteiger partial charge in [-0.15, -0.1) is 0 Å². The number of rotatable bonds is 5. The molecule has 1 atom stereocenters. The second kappa shape index (κ2) is 8.00. The van der Waals surface area contributed by atoms with Crippen LogP contribution in [0, 0.1) is 6.92 Å². The first kappa shape index (κ1) is 18.5. The van der Waals surface area contributed by atoms with Gasteiger partial charge >= 0.3 is 0 Å². The fourth-order valence-corrected chi connectivity index (χ4v) is 3.95. The van der Waals surface area contributed by atoms with Gasteiger partial charge in [0.15, 0.2) is 5.65 Å². The van der Waals surface area contributed by atoms with E-state index < -0.39 is 5.25 Å². The number of H-pyrrole nitrogens is 1. The number of hydrogen-bond donors (Lipinski definition) is 2. The molecule has 0 saturated carbocycles. The average Bonchev–Trinajstić information content (AvgIpc) is 3.19. The molecule has 8 heteroatoms. The molecule has 2 N–H and O–H groups in total. The molecular weight excluding hydrogens is 394 g/mol. The van der Waals surface area contributed by atoms with Crippen molar-refractivity contribution < 1.29 is 4.79 Å². The summed E-state index contributed by atoms with van der Waals surface area (Å²) in [6.45, 7) is 1.90. The number of carbonyl (C=O) groups is 1. The maximum absolute atomic E-state index is 13.2. The van der Waals surface area contributed by atoms with Crippen molar-refractivity contribution in [3.05, 3.63) is 77.3 Å². The largest absolute Gasteiger partial charge is 0.341 e. The van der Waals surface area contributed by atoms with E-state index in [0.717, 1.165) is 11.1 Å². The van der Waals surface area contributed by atoms with Gasteiger partial charge in [-0.05, 0) is 36.2 Å². The van der Waals surface area contributed by atoms with Crippen LogP contribution in [0.2, 0.25) is 5.02 Å². The smallest absolute Gasteiger partial charge is 0.242 e. The molecule has 0 spiro atoms. The number of halogens is 1. The monoisotopic (exact) mass is 409 g/mol. The summed E-state index contributed by atoms with van der Waals surface area (Å²) in [4.78, 5) is 28.8. The summed E-state index contributed by atoms with van der Waals surface area (Å²) in [5.74, 6) is -0.149. The number of nitrogens with zero attached hydrogens (tertiary/aromatic N) is 3. The van der Waals surface area contributed by atoms with E-state index in [4.69, 9.17) is 11.6 Å². The summed E-state index contributed by atoms with van der Waals surface area (Å²) in [6, 6.07) is 15.0. The molecule has 0 radical (unpaired) electrons. The SMILES string of the molecule is Cc1cc(NC(=O)[C@@H](Sc2ncnc3nc[nH]c23)c2ccccc2)ccc1Cl. The molecule has 6 nitrogen and oxygen atoms in total. The second-order valence-electron chi connectivity index (χ2n) is 6.14. The Labute approximate surface area is 170 Å². The van der Waals surface area contributed by atoms with Crippen LogP contribution in [0.1, 0.15) is 16.4 Å². The van der Waals surface area contributed by atoms with Crippen LogP contribution in [0.25, 0.3) is 11.2 Å². The van der Waals surface area contributed by atoms with Crippen molar-refractivity contribution in [3.8, 4) is 0 Å². The summed E-state index contributed by atoms with van der Waals surface area (Å²) in [5.41, 5.74) is 3.75. The summed E-state index contributed by atoms with van der Waals surface area (Å²) in [5, 5.41) is 3.81. The van der Waals surface area contributed by atoms with Gasteiger partial charge in [-0.3, -0.25) is 4.79 Å². The van der Waals surface area contributed by atoms with Crippen LogP contribution in [0.15, 0.2) is 66.2 Å². The van der Waals surface area contributed by atoms with Gasteiger partial charge in [0.05, 0.1) is 6.33 Å². The van der Waals surface area contributed by atoms with Gasteiger partial charge in [-0.2, -0.15) is 0 Å². The first-order valence-corrected chi connectivity index (χ1v) is 9.80. The molecule has 0 bridgehead atoms. The molecule has 0 aliphatic carbocycles. The Kier molecular flexibility index (Phi) is 5.27. The molecular formula is C20H16ClN5OS. The quantitative estimate of drug-likeness (QED) is 0.366. The molecule has 2 aromatic heterocycles. The lowest BCUT2D eigenvalue weighted by molar-refractivity contribution is -0.115. The number of carbonyl (C=O) groups excluding carboxylic acids is 1. The maximum atomic E-state index is 13.2. The van der Waals surface area contributed by atoms with Crippen molar-refractivity contribution in [1.82, 2.24) is 19.9 Å². The van der Waals surface area contributed by atoms with Crippen molar-refractivity contribution in [2.45, 2.75) is 17.2 Å². The number of amides is 1. The van der Waals surface area contributed by atoms with Crippen LogP contribution in [-0.2, 0) is 4.79 Å². The predicted molar refractivity (Wildman–Crippen MR) is 112 cm³/mol. The van der Waals surface area contributed by atoms with Crippen LogP contribution in [0.4, 0.5) is 5.69 Å². The van der Waals surface area contributed by atoms with Gasteiger partial charge < -0.3 is 10.3 Å². The molecule has 2 aromatic carbocycles. The van der Waals surface area contributed by atoms with Crippen LogP contribution in [0.5, 0.6) is 0 Å². The number of hydrogen-bond acceptors (Lipinski definition) is 5. The van der Waals surface area contributed by atoms with Crippen molar-refractivity contribution in [2.75, 3.05) is 5.32 Å². The zero-order valence-corrected chi connectivity index (χ0v) is 16.5. The van der Waals surface area contributed by atoms with E-state index in [9.17, 15) is 4.79 Å². The lowest BCUT2D eigenvalue weighted by Gasteiger charge is -2.17. The highest BCUT2D eigenvalue weighted by Crippen LogP contribution is 2.37. The molecule has 4 aromatic rings. The number of aromatic nitrogens is 4. The Hall–Kier alpha value is -2.90. The third-order valence-corrected chi connectivity index (χ3v) is 5.86. The van der Waals surface area contributed by atoms with E-state index in [2.05, 4.69) is 25.3 Å². The van der Waals surface area contributed by atoms with Crippen LogP contribution in [-0.4, -0.2) is 25.8 Å². The Morgan fingerprint density at radius 3 is 2.75 bits per heavy atom. The minimum Gasteiger partial charge on any atom is -0.341 e. The van der Waals surface area contributed by atoms with E-state index in [1.165, 1.54) is 18.1 Å². The molecule has 4 rings (SSSR count). The molecule has 0 fully saturated rings. The summed E-state index contributed by atoms with van der Waals surface area (Å²) in [6.07, 6.45) is 3.02. The van der Waals surface area contributed by atoms with E-state index in [0.29, 0.717) is 26.9 Å². The zero-order chi connectivity index (χ0) is 19.5. The van der Waals surface area contributed by atoms with Crippen molar-refractivity contribution >= 4 is 46.1 Å². The van der Waals surface area contributed by atoms with Crippen LogP contribution >= 0.6 is 23.4 Å². The third kappa shape index (κ3) is 3.85. The Balaban J connectivity index is 1.66. The van der Waals surface area contributed by atoms with Gasteiger partial charge in [-0.25, -0.2) is 15.0 Å². The standard InChI is InChI=1S/C20H16ClN5OS/c1-12-9-14(7-8-15(12)21)26-19(27)17(13-5-3-2-4-6-13)28-20-16-18(23-10-22-16)24-11-25-20/h2-11,17H,1H3,(H,26,27)(H,22,23,24,25)/t17-/m0/s1. The molecule has 0 saturated heterocycles. The van der Waals surface area contributed by atoms with Gasteiger partial charge in [-0.1, -0.05) is 53.7 Å². The first-order valence-electron chi connectivity index (χ1n) is 8.54. The number of anilines is 1. The first-order chi connectivity index (χ1) is 13.6. The topological polar surface area (TPSA) is 83.6 Å². The van der Waals surface area contributed by atoms with E-state index >= 15 is 0 Å². The van der Waals surface area contributed by atoms with Crippen molar-refractivity contribution in [2.24, 2.45) is 0 Å². The summed E-state index contributed by atoms with van der Waals surface area (Å²) in [7, 11) is 0. The number of aryl methyl sites for hydroxylation is 1. The lowest BCUT2D eigenvalue weighted by atomic mass is 10.1. The summed E-state index contributed by atoms with van der Waals surface area (Å²) < 4.78 is 0. The van der Waals surface area contributed by atoms with Gasteiger partial charge in [0.1, 0.15) is 22.1 Å².